The van der Waals surface area contributed by atoms with Crippen LogP contribution in [-0.4, -0.2) is 27.9 Å². The number of rotatable bonds is 2. The summed E-state index contributed by atoms with van der Waals surface area (Å²) in [6.07, 6.45) is 3.55. The molecule has 0 bridgehead atoms. The molecule has 0 aromatic rings. The summed E-state index contributed by atoms with van der Waals surface area (Å²) in [4.78, 5) is 30.4. The van der Waals surface area contributed by atoms with Gasteiger partial charge in [-0.3, -0.25) is 14.4 Å². The summed E-state index contributed by atoms with van der Waals surface area (Å²) in [5.74, 6) is -1.66. The fraction of sp³-hybridized carbons (Fsp3) is 0.706. The van der Waals surface area contributed by atoms with Crippen LogP contribution in [0.4, 0.5) is 0 Å². The Hall–Kier alpha value is -1.65. The maximum atomic E-state index is 11.0. The first-order valence-electron chi connectivity index (χ1n) is 7.44. The molecule has 0 aromatic heterocycles. The minimum absolute atomic E-state index is 0.204. The van der Waals surface area contributed by atoms with Gasteiger partial charge in [-0.15, -0.1) is 0 Å². The third-order valence-electron chi connectivity index (χ3n) is 2.81. The van der Waals surface area contributed by atoms with Gasteiger partial charge in [0.15, 0.2) is 5.78 Å². The second-order valence-corrected chi connectivity index (χ2v) is 6.96. The molecule has 0 saturated carbocycles. The van der Waals surface area contributed by atoms with Crippen LogP contribution in [0.2, 0.25) is 0 Å². The van der Waals surface area contributed by atoms with Crippen LogP contribution in [0.1, 0.15) is 61.3 Å². The number of carboxylic acids is 2. The second-order valence-electron chi connectivity index (χ2n) is 6.96. The van der Waals surface area contributed by atoms with Crippen molar-refractivity contribution in [1.82, 2.24) is 0 Å². The van der Waals surface area contributed by atoms with E-state index < -0.39 is 11.9 Å². The van der Waals surface area contributed by atoms with E-state index in [2.05, 4.69) is 13.8 Å². The maximum absolute atomic E-state index is 11.0. The number of aliphatic carboxylic acids is 2. The van der Waals surface area contributed by atoms with Crippen LogP contribution in [0.5, 0.6) is 0 Å². The number of hydrogen-bond acceptors (Lipinski definition) is 3. The molecule has 0 fully saturated rings. The largest absolute Gasteiger partial charge is 0.481 e. The van der Waals surface area contributed by atoms with Crippen LogP contribution < -0.4 is 0 Å². The molecule has 1 aliphatic carbocycles. The molecule has 22 heavy (non-hydrogen) atoms. The predicted molar refractivity (Wildman–Crippen MR) is 86.7 cm³/mol. The predicted octanol–water partition coefficient (Wildman–Crippen LogP) is 3.78. The van der Waals surface area contributed by atoms with Gasteiger partial charge >= 0.3 is 11.9 Å². The van der Waals surface area contributed by atoms with Crippen LogP contribution in [0.25, 0.3) is 0 Å². The summed E-state index contributed by atoms with van der Waals surface area (Å²) in [6.45, 7) is 12.9. The van der Waals surface area contributed by atoms with Gasteiger partial charge in [-0.2, -0.15) is 0 Å². The lowest BCUT2D eigenvalue weighted by molar-refractivity contribution is -0.141. The Bertz CT molecular complexity index is 399. The Labute approximate surface area is 133 Å². The summed E-state index contributed by atoms with van der Waals surface area (Å²) in [7, 11) is 0. The van der Waals surface area contributed by atoms with Gasteiger partial charge in [0.1, 0.15) is 0 Å². The van der Waals surface area contributed by atoms with E-state index in [0.717, 1.165) is 6.42 Å². The molecule has 0 heterocycles. The van der Waals surface area contributed by atoms with Gasteiger partial charge in [0.05, 0.1) is 11.8 Å². The number of ketones is 1. The Morgan fingerprint density at radius 1 is 1.00 bits per heavy atom. The molecule has 5 nitrogen and oxygen atoms in total. The molecule has 0 saturated heterocycles. The van der Waals surface area contributed by atoms with E-state index in [1.165, 1.54) is 5.57 Å². The molecule has 0 unspecified atom stereocenters. The van der Waals surface area contributed by atoms with Crippen molar-refractivity contribution in [3.63, 3.8) is 0 Å². The second kappa shape index (κ2) is 10.1. The van der Waals surface area contributed by atoms with Gasteiger partial charge in [-0.25, -0.2) is 0 Å². The van der Waals surface area contributed by atoms with Crippen molar-refractivity contribution < 1.29 is 24.6 Å². The molecule has 1 aliphatic rings. The normalized spacial score (nSPS) is 16.0. The summed E-state index contributed by atoms with van der Waals surface area (Å²) in [6, 6.07) is 0. The number of allylic oxidation sites excluding steroid dienone is 2. The molecule has 0 aromatic carbocycles. The standard InChI is InChI=1S/C9H14O.2C4H8O2/c1-7-4-8(10)6-9(2,3)5-7;2*1-3(2)4(5)6/h4H,5-6H2,1-3H3;2*3H,1-2H3,(H,5,6). The van der Waals surface area contributed by atoms with Crippen molar-refractivity contribution in [2.24, 2.45) is 17.3 Å². The maximum Gasteiger partial charge on any atom is 0.305 e. The smallest absolute Gasteiger partial charge is 0.305 e. The topological polar surface area (TPSA) is 91.7 Å². The van der Waals surface area contributed by atoms with Gasteiger partial charge in [0.2, 0.25) is 0 Å². The highest BCUT2D eigenvalue weighted by atomic mass is 16.4. The van der Waals surface area contributed by atoms with Crippen molar-refractivity contribution in [1.29, 1.82) is 0 Å². The van der Waals surface area contributed by atoms with E-state index >= 15 is 0 Å². The van der Waals surface area contributed by atoms with Crippen LogP contribution >= 0.6 is 0 Å². The average molecular weight is 314 g/mol. The Morgan fingerprint density at radius 2 is 1.32 bits per heavy atom. The molecular weight excluding hydrogens is 284 g/mol. The van der Waals surface area contributed by atoms with Crippen molar-refractivity contribution in [3.8, 4) is 0 Å². The van der Waals surface area contributed by atoms with Crippen molar-refractivity contribution in [3.05, 3.63) is 11.6 Å². The first-order valence-corrected chi connectivity index (χ1v) is 7.44. The van der Waals surface area contributed by atoms with E-state index in [0.29, 0.717) is 6.42 Å². The zero-order valence-corrected chi connectivity index (χ0v) is 14.8. The van der Waals surface area contributed by atoms with E-state index in [1.807, 2.05) is 6.92 Å². The van der Waals surface area contributed by atoms with E-state index in [1.54, 1.807) is 33.8 Å². The molecule has 0 aliphatic heterocycles. The number of hydrogen-bond donors (Lipinski definition) is 2. The van der Waals surface area contributed by atoms with Crippen LogP contribution in [-0.2, 0) is 14.4 Å². The monoisotopic (exact) mass is 314 g/mol. The summed E-state index contributed by atoms with van der Waals surface area (Å²) in [5.41, 5.74) is 1.43. The van der Waals surface area contributed by atoms with Gasteiger partial charge in [0.25, 0.3) is 0 Å². The van der Waals surface area contributed by atoms with Gasteiger partial charge < -0.3 is 10.2 Å². The molecule has 5 heteroatoms. The van der Waals surface area contributed by atoms with Gasteiger partial charge in [-0.1, -0.05) is 47.1 Å². The first kappa shape index (κ1) is 22.6. The summed E-state index contributed by atoms with van der Waals surface area (Å²) < 4.78 is 0. The fourth-order valence-electron chi connectivity index (χ4n) is 1.67. The number of carbonyl (C=O) groups excluding carboxylic acids is 1. The number of carboxylic acid groups (broad SMARTS) is 2. The van der Waals surface area contributed by atoms with E-state index in [4.69, 9.17) is 10.2 Å². The molecule has 1 rings (SSSR count). The average Bonchev–Trinajstić information content (AvgIpc) is 2.26. The van der Waals surface area contributed by atoms with Crippen molar-refractivity contribution in [2.75, 3.05) is 0 Å². The molecule has 0 radical (unpaired) electrons. The zero-order chi connectivity index (χ0) is 18.1. The summed E-state index contributed by atoms with van der Waals surface area (Å²) in [5, 5.41) is 16.0. The minimum Gasteiger partial charge on any atom is -0.481 e. The molecule has 0 spiro atoms. The summed E-state index contributed by atoms with van der Waals surface area (Å²) >= 11 is 0. The van der Waals surface area contributed by atoms with Crippen molar-refractivity contribution >= 4 is 17.7 Å². The quantitative estimate of drug-likeness (QED) is 0.809. The highest BCUT2D eigenvalue weighted by Crippen LogP contribution is 2.32. The zero-order valence-electron chi connectivity index (χ0n) is 14.8. The van der Waals surface area contributed by atoms with Crippen molar-refractivity contribution in [2.45, 2.75) is 61.3 Å². The third-order valence-corrected chi connectivity index (χ3v) is 2.81. The fourth-order valence-corrected chi connectivity index (χ4v) is 1.67. The minimum atomic E-state index is -0.741. The highest BCUT2D eigenvalue weighted by molar-refractivity contribution is 5.91. The van der Waals surface area contributed by atoms with Gasteiger partial charge in [-0.05, 0) is 24.8 Å². The van der Waals surface area contributed by atoms with Crippen LogP contribution in [0.15, 0.2) is 11.6 Å². The molecule has 0 amide bonds. The number of carbonyl (C=O) groups is 3. The van der Waals surface area contributed by atoms with E-state index in [-0.39, 0.29) is 23.0 Å². The molecule has 0 atom stereocenters. The Balaban J connectivity index is 0. The lowest BCUT2D eigenvalue weighted by Gasteiger charge is -2.27. The Morgan fingerprint density at radius 3 is 1.50 bits per heavy atom. The molecule has 128 valence electrons. The lowest BCUT2D eigenvalue weighted by Crippen LogP contribution is -2.20. The first-order chi connectivity index (χ1) is 9.78. The van der Waals surface area contributed by atoms with Crippen LogP contribution in [0, 0.1) is 17.3 Å². The van der Waals surface area contributed by atoms with Gasteiger partial charge in [0, 0.05) is 6.42 Å². The Kier molecular flexibility index (Phi) is 10.4. The van der Waals surface area contributed by atoms with Crippen LogP contribution in [0.3, 0.4) is 0 Å². The third kappa shape index (κ3) is 13.3. The lowest BCUT2D eigenvalue weighted by atomic mass is 9.77. The SMILES string of the molecule is CC(C)C(=O)O.CC(C)C(=O)O.CC1=CC(=O)CC(C)(C)C1. The highest BCUT2D eigenvalue weighted by Gasteiger charge is 2.25. The van der Waals surface area contributed by atoms with E-state index in [9.17, 15) is 14.4 Å². The molecule has 2 N–H and O–H groups in total. The molecular formula is C17H30O5.